The van der Waals surface area contributed by atoms with Gasteiger partial charge < -0.3 is 10.2 Å². The van der Waals surface area contributed by atoms with Crippen molar-refractivity contribution in [2.75, 3.05) is 23.3 Å². The Morgan fingerprint density at radius 2 is 1.92 bits per heavy atom. The van der Waals surface area contributed by atoms with Gasteiger partial charge in [-0.1, -0.05) is 27.5 Å². The van der Waals surface area contributed by atoms with Gasteiger partial charge in [0.1, 0.15) is 11.6 Å². The Morgan fingerprint density at radius 1 is 1.25 bits per heavy atom. The fourth-order valence-corrected chi connectivity index (χ4v) is 3.15. The molecule has 3 rings (SSSR count). The van der Waals surface area contributed by atoms with Gasteiger partial charge in [0, 0.05) is 23.2 Å². The van der Waals surface area contributed by atoms with E-state index in [4.69, 9.17) is 11.6 Å². The van der Waals surface area contributed by atoms with Crippen LogP contribution in [-0.2, 0) is 11.3 Å². The molecule has 1 aliphatic rings. The second-order valence-corrected chi connectivity index (χ2v) is 6.85. The number of halogens is 2. The highest BCUT2D eigenvalue weighted by atomic mass is 79.9. The predicted molar refractivity (Wildman–Crippen MR) is 97.7 cm³/mol. The number of amides is 1. The third-order valence-corrected chi connectivity index (χ3v) is 4.72. The Bertz CT molecular complexity index is 801. The fourth-order valence-electron chi connectivity index (χ4n) is 2.62. The van der Waals surface area contributed by atoms with Gasteiger partial charge in [-0.3, -0.25) is 9.59 Å². The first-order valence-electron chi connectivity index (χ1n) is 7.60. The van der Waals surface area contributed by atoms with Gasteiger partial charge in [0.25, 0.3) is 5.56 Å². The van der Waals surface area contributed by atoms with Gasteiger partial charge in [0.15, 0.2) is 0 Å². The molecular formula is C16H16BrClN4O2. The Balaban J connectivity index is 1.72. The third-order valence-electron chi connectivity index (χ3n) is 3.83. The zero-order valence-electron chi connectivity index (χ0n) is 12.8. The number of hydrogen-bond donors (Lipinski definition) is 1. The average Bonchev–Trinajstić information content (AvgIpc) is 3.08. The molecule has 2 heterocycles. The van der Waals surface area contributed by atoms with E-state index in [0.717, 1.165) is 35.1 Å². The SMILES string of the molecule is O=C(Cn1ncc(N2CCCC2)c(Cl)c1=O)Nc1ccc(Br)cc1. The molecule has 1 aliphatic heterocycles. The van der Waals surface area contributed by atoms with Crippen molar-refractivity contribution in [1.82, 2.24) is 9.78 Å². The summed E-state index contributed by atoms with van der Waals surface area (Å²) >= 11 is 9.52. The number of rotatable bonds is 4. The molecule has 0 unspecified atom stereocenters. The lowest BCUT2D eigenvalue weighted by molar-refractivity contribution is -0.117. The van der Waals surface area contributed by atoms with Crippen LogP contribution in [0.1, 0.15) is 12.8 Å². The van der Waals surface area contributed by atoms with Crippen molar-refractivity contribution in [3.05, 3.63) is 50.3 Å². The van der Waals surface area contributed by atoms with Crippen molar-refractivity contribution in [1.29, 1.82) is 0 Å². The van der Waals surface area contributed by atoms with Gasteiger partial charge in [0.05, 0.1) is 11.9 Å². The molecule has 0 bridgehead atoms. The van der Waals surface area contributed by atoms with E-state index in [9.17, 15) is 9.59 Å². The number of carbonyl (C=O) groups is 1. The maximum absolute atomic E-state index is 12.3. The molecular weight excluding hydrogens is 396 g/mol. The minimum atomic E-state index is -0.452. The first kappa shape index (κ1) is 17.0. The molecule has 0 aliphatic carbocycles. The lowest BCUT2D eigenvalue weighted by Gasteiger charge is -2.18. The first-order valence-corrected chi connectivity index (χ1v) is 8.77. The Morgan fingerprint density at radius 3 is 2.58 bits per heavy atom. The molecule has 0 saturated carbocycles. The van der Waals surface area contributed by atoms with E-state index in [1.54, 1.807) is 18.3 Å². The van der Waals surface area contributed by atoms with Gasteiger partial charge in [0.2, 0.25) is 5.91 Å². The molecule has 1 amide bonds. The van der Waals surface area contributed by atoms with Crippen molar-refractivity contribution < 1.29 is 4.79 Å². The molecule has 24 heavy (non-hydrogen) atoms. The molecule has 2 aromatic rings. The molecule has 1 aromatic carbocycles. The number of nitrogens with one attached hydrogen (secondary N) is 1. The minimum Gasteiger partial charge on any atom is -0.369 e. The van der Waals surface area contributed by atoms with Crippen LogP contribution in [0.5, 0.6) is 0 Å². The van der Waals surface area contributed by atoms with Crippen LogP contribution >= 0.6 is 27.5 Å². The molecule has 1 N–H and O–H groups in total. The van der Waals surface area contributed by atoms with Gasteiger partial charge in [-0.15, -0.1) is 0 Å². The van der Waals surface area contributed by atoms with Gasteiger partial charge in [-0.25, -0.2) is 4.68 Å². The average molecular weight is 412 g/mol. The van der Waals surface area contributed by atoms with Crippen LogP contribution in [0.4, 0.5) is 11.4 Å². The van der Waals surface area contributed by atoms with Crippen LogP contribution in [0.3, 0.4) is 0 Å². The predicted octanol–water partition coefficient (Wildman–Crippen LogP) is 2.90. The number of aromatic nitrogens is 2. The first-order chi connectivity index (χ1) is 11.5. The van der Waals surface area contributed by atoms with Crippen molar-refractivity contribution in [3.63, 3.8) is 0 Å². The van der Waals surface area contributed by atoms with Gasteiger partial charge >= 0.3 is 0 Å². The molecule has 1 fully saturated rings. The van der Waals surface area contributed by atoms with Crippen LogP contribution in [0.25, 0.3) is 0 Å². The number of benzene rings is 1. The maximum atomic E-state index is 12.3. The summed E-state index contributed by atoms with van der Waals surface area (Å²) in [4.78, 5) is 26.5. The normalized spacial score (nSPS) is 14.0. The Kier molecular flexibility index (Phi) is 5.20. The van der Waals surface area contributed by atoms with Crippen LogP contribution in [0.2, 0.25) is 5.02 Å². The maximum Gasteiger partial charge on any atom is 0.288 e. The lowest BCUT2D eigenvalue weighted by atomic mass is 10.3. The smallest absolute Gasteiger partial charge is 0.288 e. The summed E-state index contributed by atoms with van der Waals surface area (Å²) in [6.07, 6.45) is 3.71. The van der Waals surface area contributed by atoms with E-state index < -0.39 is 5.56 Å². The summed E-state index contributed by atoms with van der Waals surface area (Å²) in [5, 5.41) is 6.92. The Hall–Kier alpha value is -1.86. The van der Waals surface area contributed by atoms with Crippen molar-refractivity contribution >= 4 is 44.8 Å². The van der Waals surface area contributed by atoms with Crippen molar-refractivity contribution in [2.45, 2.75) is 19.4 Å². The fraction of sp³-hybridized carbons (Fsp3) is 0.312. The van der Waals surface area contributed by atoms with Crippen LogP contribution in [0.15, 0.2) is 39.7 Å². The Labute approximate surface area is 152 Å². The summed E-state index contributed by atoms with van der Waals surface area (Å²) in [6, 6.07) is 7.17. The third kappa shape index (κ3) is 3.79. The minimum absolute atomic E-state index is 0.114. The number of anilines is 2. The molecule has 0 radical (unpaired) electrons. The molecule has 6 nitrogen and oxygen atoms in total. The topological polar surface area (TPSA) is 67.2 Å². The summed E-state index contributed by atoms with van der Waals surface area (Å²) in [7, 11) is 0. The summed E-state index contributed by atoms with van der Waals surface area (Å²) < 4.78 is 2.00. The van der Waals surface area contributed by atoms with E-state index in [2.05, 4.69) is 26.3 Å². The number of carbonyl (C=O) groups excluding carboxylic acids is 1. The summed E-state index contributed by atoms with van der Waals surface area (Å²) in [5.41, 5.74) is 0.840. The molecule has 1 saturated heterocycles. The van der Waals surface area contributed by atoms with E-state index in [1.807, 2.05) is 17.0 Å². The number of nitrogens with zero attached hydrogens (tertiary/aromatic N) is 3. The summed E-state index contributed by atoms with van der Waals surface area (Å²) in [6.45, 7) is 1.55. The number of hydrogen-bond acceptors (Lipinski definition) is 4. The van der Waals surface area contributed by atoms with Crippen molar-refractivity contribution in [2.24, 2.45) is 0 Å². The molecule has 8 heteroatoms. The highest BCUT2D eigenvalue weighted by Gasteiger charge is 2.19. The lowest BCUT2D eigenvalue weighted by Crippen LogP contribution is -2.31. The van der Waals surface area contributed by atoms with Crippen LogP contribution in [-0.4, -0.2) is 28.8 Å². The second kappa shape index (κ2) is 7.36. The van der Waals surface area contributed by atoms with E-state index in [-0.39, 0.29) is 17.5 Å². The molecule has 126 valence electrons. The molecule has 1 aromatic heterocycles. The van der Waals surface area contributed by atoms with E-state index in [0.29, 0.717) is 11.4 Å². The van der Waals surface area contributed by atoms with E-state index >= 15 is 0 Å². The van der Waals surface area contributed by atoms with Crippen LogP contribution in [0, 0.1) is 0 Å². The van der Waals surface area contributed by atoms with Crippen LogP contribution < -0.4 is 15.8 Å². The highest BCUT2D eigenvalue weighted by molar-refractivity contribution is 9.10. The van der Waals surface area contributed by atoms with E-state index in [1.165, 1.54) is 0 Å². The second-order valence-electron chi connectivity index (χ2n) is 5.56. The molecule has 0 spiro atoms. The van der Waals surface area contributed by atoms with Gasteiger partial charge in [-0.05, 0) is 37.1 Å². The zero-order valence-corrected chi connectivity index (χ0v) is 15.2. The molecule has 0 atom stereocenters. The summed E-state index contributed by atoms with van der Waals surface area (Å²) in [5.74, 6) is -0.336. The van der Waals surface area contributed by atoms with Crippen molar-refractivity contribution in [3.8, 4) is 0 Å². The zero-order chi connectivity index (χ0) is 17.1. The largest absolute Gasteiger partial charge is 0.369 e. The highest BCUT2D eigenvalue weighted by Crippen LogP contribution is 2.24. The standard InChI is InChI=1S/C16H16BrClN4O2/c17-11-3-5-12(6-4-11)20-14(23)10-22-16(24)15(18)13(9-19-22)21-7-1-2-8-21/h3-6,9H,1-2,7-8,10H2,(H,20,23). The quantitative estimate of drug-likeness (QED) is 0.840. The van der Waals surface area contributed by atoms with Gasteiger partial charge in [-0.2, -0.15) is 5.10 Å². The monoisotopic (exact) mass is 410 g/mol.